The number of ether oxygens (including phenoxy) is 3. The Hall–Kier alpha value is -3.71. The van der Waals surface area contributed by atoms with Gasteiger partial charge in [-0.3, -0.25) is 4.79 Å². The molecule has 36 heavy (non-hydrogen) atoms. The van der Waals surface area contributed by atoms with Gasteiger partial charge in [0.05, 0.1) is 17.6 Å². The molecule has 184 valence electrons. The predicted octanol–water partition coefficient (Wildman–Crippen LogP) is 5.72. The van der Waals surface area contributed by atoms with E-state index in [0.29, 0.717) is 31.1 Å². The number of carbonyl (C=O) groups is 1. The number of benzene rings is 3. The van der Waals surface area contributed by atoms with E-state index in [4.69, 9.17) is 30.8 Å². The van der Waals surface area contributed by atoms with E-state index in [1.54, 1.807) is 0 Å². The minimum absolute atomic E-state index is 0.00449. The van der Waals surface area contributed by atoms with Gasteiger partial charge >= 0.3 is 0 Å². The number of amides is 1. The van der Waals surface area contributed by atoms with Crippen molar-refractivity contribution in [2.75, 3.05) is 24.8 Å². The zero-order valence-electron chi connectivity index (χ0n) is 19.9. The minimum Gasteiger partial charge on any atom is -0.494 e. The van der Waals surface area contributed by atoms with Crippen LogP contribution in [0.3, 0.4) is 0 Å². The Labute approximate surface area is 214 Å². The van der Waals surface area contributed by atoms with Gasteiger partial charge < -0.3 is 23.7 Å². The first kappa shape index (κ1) is 22.7. The van der Waals surface area contributed by atoms with Crippen molar-refractivity contribution in [2.24, 2.45) is 0 Å². The van der Waals surface area contributed by atoms with Crippen LogP contribution in [0.5, 0.6) is 17.2 Å². The summed E-state index contributed by atoms with van der Waals surface area (Å²) in [4.78, 5) is 19.8. The number of para-hydroxylation sites is 2. The molecule has 1 saturated heterocycles. The molecule has 1 atom stereocenters. The van der Waals surface area contributed by atoms with Crippen LogP contribution in [0, 0.1) is 6.92 Å². The van der Waals surface area contributed by atoms with Crippen molar-refractivity contribution in [3.05, 3.63) is 77.1 Å². The van der Waals surface area contributed by atoms with Crippen LogP contribution >= 0.6 is 11.6 Å². The molecule has 1 aromatic heterocycles. The molecule has 1 amide bonds. The molecule has 3 heterocycles. The van der Waals surface area contributed by atoms with Gasteiger partial charge in [-0.2, -0.15) is 0 Å². The largest absolute Gasteiger partial charge is 0.494 e. The first-order valence-electron chi connectivity index (χ1n) is 12.1. The van der Waals surface area contributed by atoms with Gasteiger partial charge in [-0.15, -0.1) is 0 Å². The lowest BCUT2D eigenvalue weighted by Crippen LogP contribution is -2.24. The molecule has 4 aromatic rings. The van der Waals surface area contributed by atoms with Crippen LogP contribution in [0.1, 0.15) is 30.1 Å². The second-order valence-electron chi connectivity index (χ2n) is 9.17. The number of carbonyl (C=O) groups excluding carboxylic acids is 1. The highest BCUT2D eigenvalue weighted by atomic mass is 35.5. The monoisotopic (exact) mass is 503 g/mol. The smallest absolute Gasteiger partial charge is 0.231 e. The van der Waals surface area contributed by atoms with Gasteiger partial charge in [0.1, 0.15) is 11.6 Å². The number of nitrogens with zero attached hydrogens (tertiary/aromatic N) is 3. The lowest BCUT2D eigenvalue weighted by Gasteiger charge is -2.18. The minimum atomic E-state index is -0.00449. The number of rotatable bonds is 7. The van der Waals surface area contributed by atoms with Gasteiger partial charge in [0.25, 0.3) is 0 Å². The number of imidazole rings is 1. The fraction of sp³-hybridized carbons (Fsp3) is 0.286. The van der Waals surface area contributed by atoms with Gasteiger partial charge in [0.15, 0.2) is 11.5 Å². The fourth-order valence-corrected chi connectivity index (χ4v) is 5.06. The summed E-state index contributed by atoms with van der Waals surface area (Å²) in [5.41, 5.74) is 3.83. The van der Waals surface area contributed by atoms with Crippen LogP contribution in [0.4, 0.5) is 5.69 Å². The summed E-state index contributed by atoms with van der Waals surface area (Å²) in [6.07, 6.45) is 1.22. The third kappa shape index (κ3) is 4.24. The Balaban J connectivity index is 1.20. The number of aromatic nitrogens is 2. The molecular formula is C28H26ClN3O4. The van der Waals surface area contributed by atoms with Crippen molar-refractivity contribution in [2.45, 2.75) is 32.2 Å². The molecule has 7 nitrogen and oxygen atoms in total. The van der Waals surface area contributed by atoms with Crippen LogP contribution < -0.4 is 19.1 Å². The van der Waals surface area contributed by atoms with E-state index < -0.39 is 0 Å². The van der Waals surface area contributed by atoms with Crippen LogP contribution in [0.15, 0.2) is 60.7 Å². The molecule has 3 aromatic carbocycles. The number of hydrogen-bond acceptors (Lipinski definition) is 5. The Kier molecular flexibility index (Phi) is 5.93. The quantitative estimate of drug-likeness (QED) is 0.302. The van der Waals surface area contributed by atoms with Gasteiger partial charge in [-0.1, -0.05) is 23.7 Å². The molecule has 8 heteroatoms. The number of fused-ring (bicyclic) bond motifs is 2. The molecule has 0 N–H and O–H groups in total. The molecule has 0 bridgehead atoms. The Bertz CT molecular complexity index is 1450. The molecule has 6 rings (SSSR count). The van der Waals surface area contributed by atoms with E-state index in [1.807, 2.05) is 66.4 Å². The topological polar surface area (TPSA) is 65.8 Å². The van der Waals surface area contributed by atoms with Crippen molar-refractivity contribution in [3.63, 3.8) is 0 Å². The van der Waals surface area contributed by atoms with Crippen LogP contribution in [-0.4, -0.2) is 35.4 Å². The summed E-state index contributed by atoms with van der Waals surface area (Å²) in [5, 5.41) is 0.734. The SMILES string of the molecule is Cc1cc(OCCCn2c(C3CC(=O)N(c4ccc5c(c4)OCO5)C3)nc3ccccc32)ccc1Cl. The standard InChI is InChI=1S/C28H26ClN3O4/c1-18-13-21(8-9-22(18)29)34-12-4-11-31-24-6-3-2-5-23(24)30-28(31)19-14-27(33)32(16-19)20-7-10-25-26(15-20)36-17-35-25/h2-3,5-10,13,15,19H,4,11-12,14,16-17H2,1H3. The average molecular weight is 504 g/mol. The van der Waals surface area contributed by atoms with Crippen LogP contribution in [-0.2, 0) is 11.3 Å². The highest BCUT2D eigenvalue weighted by molar-refractivity contribution is 6.31. The summed E-state index contributed by atoms with van der Waals surface area (Å²) in [5.74, 6) is 3.21. The highest BCUT2D eigenvalue weighted by Crippen LogP contribution is 2.39. The van der Waals surface area contributed by atoms with E-state index >= 15 is 0 Å². The molecule has 0 saturated carbocycles. The number of halogens is 1. The zero-order chi connectivity index (χ0) is 24.6. The zero-order valence-corrected chi connectivity index (χ0v) is 20.7. The number of hydrogen-bond donors (Lipinski definition) is 0. The highest BCUT2D eigenvalue weighted by Gasteiger charge is 2.35. The fourth-order valence-electron chi connectivity index (χ4n) is 4.94. The predicted molar refractivity (Wildman–Crippen MR) is 138 cm³/mol. The van der Waals surface area contributed by atoms with Crippen molar-refractivity contribution in [3.8, 4) is 17.2 Å². The molecule has 2 aliphatic heterocycles. The Morgan fingerprint density at radius 2 is 1.94 bits per heavy atom. The van der Waals surface area contributed by atoms with E-state index in [2.05, 4.69) is 10.6 Å². The first-order chi connectivity index (χ1) is 17.6. The first-order valence-corrected chi connectivity index (χ1v) is 12.5. The van der Waals surface area contributed by atoms with Crippen molar-refractivity contribution >= 4 is 34.2 Å². The molecule has 0 aliphatic carbocycles. The average Bonchev–Trinajstić information content (AvgIpc) is 3.60. The third-order valence-corrected chi connectivity index (χ3v) is 7.19. The van der Waals surface area contributed by atoms with Gasteiger partial charge in [-0.25, -0.2) is 4.98 Å². The van der Waals surface area contributed by atoms with E-state index in [9.17, 15) is 4.79 Å². The Morgan fingerprint density at radius 3 is 2.83 bits per heavy atom. The molecule has 0 spiro atoms. The maximum atomic E-state index is 13.0. The number of aryl methyl sites for hydroxylation is 2. The van der Waals surface area contributed by atoms with Gasteiger partial charge in [0, 0.05) is 42.2 Å². The third-order valence-electron chi connectivity index (χ3n) is 6.77. The summed E-state index contributed by atoms with van der Waals surface area (Å²) in [7, 11) is 0. The second-order valence-corrected chi connectivity index (χ2v) is 9.57. The summed E-state index contributed by atoms with van der Waals surface area (Å²) in [6, 6.07) is 19.5. The summed E-state index contributed by atoms with van der Waals surface area (Å²) >= 11 is 6.12. The lowest BCUT2D eigenvalue weighted by molar-refractivity contribution is -0.117. The molecule has 1 fully saturated rings. The van der Waals surface area contributed by atoms with E-state index in [1.165, 1.54) is 0 Å². The Morgan fingerprint density at radius 1 is 1.08 bits per heavy atom. The molecule has 0 radical (unpaired) electrons. The lowest BCUT2D eigenvalue weighted by atomic mass is 10.1. The van der Waals surface area contributed by atoms with E-state index in [-0.39, 0.29) is 18.6 Å². The van der Waals surface area contributed by atoms with Crippen LogP contribution in [0.2, 0.25) is 5.02 Å². The van der Waals surface area contributed by atoms with Gasteiger partial charge in [-0.05, 0) is 61.4 Å². The maximum absolute atomic E-state index is 13.0. The molecule has 1 unspecified atom stereocenters. The maximum Gasteiger partial charge on any atom is 0.231 e. The molecular weight excluding hydrogens is 478 g/mol. The van der Waals surface area contributed by atoms with Crippen molar-refractivity contribution < 1.29 is 19.0 Å². The van der Waals surface area contributed by atoms with Crippen LogP contribution in [0.25, 0.3) is 11.0 Å². The summed E-state index contributed by atoms with van der Waals surface area (Å²) in [6.45, 7) is 4.06. The van der Waals surface area contributed by atoms with E-state index in [0.717, 1.165) is 51.8 Å². The molecule has 2 aliphatic rings. The second kappa shape index (κ2) is 9.39. The van der Waals surface area contributed by atoms with Gasteiger partial charge in [0.2, 0.25) is 12.7 Å². The summed E-state index contributed by atoms with van der Waals surface area (Å²) < 4.78 is 19.1. The van der Waals surface area contributed by atoms with Crippen molar-refractivity contribution in [1.29, 1.82) is 0 Å². The normalized spacial score (nSPS) is 16.8. The van der Waals surface area contributed by atoms with Crippen molar-refractivity contribution in [1.82, 2.24) is 9.55 Å². The number of anilines is 1.